The van der Waals surface area contributed by atoms with Crippen molar-refractivity contribution in [3.8, 4) is 0 Å². The van der Waals surface area contributed by atoms with Crippen molar-refractivity contribution < 1.29 is 149 Å². The Morgan fingerprint density at radius 1 is 0.309 bits per heavy atom. The van der Waals surface area contributed by atoms with Crippen molar-refractivity contribution in [3.63, 3.8) is 0 Å². The predicted octanol–water partition coefficient (Wildman–Crippen LogP) is 13.2. The maximum absolute atomic E-state index is 13.3. The number of esters is 2. The van der Waals surface area contributed by atoms with Crippen molar-refractivity contribution in [1.29, 1.82) is 0 Å². The van der Waals surface area contributed by atoms with Crippen LogP contribution in [0.1, 0.15) is 401 Å². The van der Waals surface area contributed by atoms with E-state index in [0.717, 1.165) is 167 Å². The van der Waals surface area contributed by atoms with Crippen LogP contribution in [0.5, 0.6) is 0 Å². The van der Waals surface area contributed by atoms with Gasteiger partial charge >= 0.3 is 77.1 Å². The molecule has 0 aliphatic rings. The molecule has 2 unspecified atom stereocenters. The molecule has 636 valence electrons. The van der Waals surface area contributed by atoms with Crippen LogP contribution in [0.15, 0.2) is 0 Å². The first-order valence-corrected chi connectivity index (χ1v) is 46.6. The number of carbonyl (C=O) groups is 7. The molecule has 0 radical (unpaired) electrons. The van der Waals surface area contributed by atoms with E-state index in [1.54, 1.807) is 0 Å². The van der Waals surface area contributed by atoms with E-state index in [1.165, 1.54) is 116 Å². The van der Waals surface area contributed by atoms with Gasteiger partial charge in [-0.2, -0.15) is 0 Å². The quantitative estimate of drug-likeness (QED) is 0.0144. The summed E-state index contributed by atoms with van der Waals surface area (Å²) in [5.41, 5.74) is 0. The number of ketones is 2. The number of urea groups is 1. The Morgan fingerprint density at radius 3 is 0.845 bits per heavy atom. The first-order valence-electron chi connectivity index (χ1n) is 43.7. The Hall–Kier alpha value is -1.37. The first-order chi connectivity index (χ1) is 52.3. The normalized spacial score (nSPS) is 13.5. The van der Waals surface area contributed by atoms with Gasteiger partial charge in [-0.3, -0.25) is 37.9 Å². The maximum atomic E-state index is 13.3. The molecule has 0 bridgehead atoms. The molecule has 0 spiro atoms. The van der Waals surface area contributed by atoms with Crippen LogP contribution in [-0.2, 0) is 74.9 Å². The summed E-state index contributed by atoms with van der Waals surface area (Å²) in [7, 11) is -10.1. The monoisotopic (exact) mass is 1620 g/mol. The van der Waals surface area contributed by atoms with Crippen LogP contribution in [0.25, 0.3) is 0 Å². The third-order valence-electron chi connectivity index (χ3n) is 19.3. The number of hydrogen-bond donors (Lipinski definition) is 4. The standard InChI is InChI=1S/C83H160N4O19P2.2Na/c1-7-13-19-25-29-33-37-43-47-53-75(88)67-79(90)86-73(69-99-63-59-77(55-49-41-23-17-11-5)105-81(92)57-51-45-39-35-31-27-21-15-9-3)71-103-107(95,96)101-65-61-84-83(94)85-62-66-102-108(97,98)104-72-74(87-80(91)68-76(89)54-48-44-38-34-30-26-20-14-8-2)70-100-64-60-78(56-50-42-24-18-12-6)106-82(93)58-52-46-40-36-32-28-22-16-10-4;;/h73-74,77-78H,7-72H2,1-6H3,(H,86,90)(H,87,91)(H,95,96)(H,97,98)(H2,84,85,94);;/q;2*+1/p-2/t73-,74+,77-,78-;;/m1../s1. The molecule has 4 N–H and O–H groups in total. The molecule has 0 aromatic rings. The summed E-state index contributed by atoms with van der Waals surface area (Å²) in [6, 6.07) is -2.86. The summed E-state index contributed by atoms with van der Waals surface area (Å²) in [4.78, 5) is 117. The van der Waals surface area contributed by atoms with Crippen LogP contribution in [0, 0.1) is 0 Å². The molecular formula is C83H158N4Na2O19P2. The number of unbranched alkanes of at least 4 members (excludes halogenated alkanes) is 40. The minimum absolute atomic E-state index is 0. The molecule has 0 aromatic carbocycles. The van der Waals surface area contributed by atoms with Crippen molar-refractivity contribution in [2.45, 2.75) is 425 Å². The summed E-state index contributed by atoms with van der Waals surface area (Å²) in [5, 5.41) is 10.2. The maximum Gasteiger partial charge on any atom is 1.00 e. The zero-order chi connectivity index (χ0) is 79.5. The number of hydrogen-bond acceptors (Lipinski definition) is 19. The van der Waals surface area contributed by atoms with E-state index in [0.29, 0.717) is 51.4 Å². The Balaban J connectivity index is -0.0000572. The van der Waals surface area contributed by atoms with E-state index < -0.39 is 84.8 Å². The molecule has 0 saturated heterocycles. The summed E-state index contributed by atoms with van der Waals surface area (Å²) >= 11 is 0. The Bertz CT molecular complexity index is 2140. The van der Waals surface area contributed by atoms with Crippen molar-refractivity contribution >= 4 is 57.0 Å². The molecule has 0 fully saturated rings. The van der Waals surface area contributed by atoms with Crippen molar-refractivity contribution in [2.24, 2.45) is 0 Å². The molecule has 23 nitrogen and oxygen atoms in total. The molecule has 0 aliphatic carbocycles. The van der Waals surface area contributed by atoms with Crippen molar-refractivity contribution in [2.75, 3.05) is 65.9 Å². The van der Waals surface area contributed by atoms with Gasteiger partial charge in [0.15, 0.2) is 0 Å². The Labute approximate surface area is 712 Å². The van der Waals surface area contributed by atoms with E-state index in [9.17, 15) is 52.5 Å². The van der Waals surface area contributed by atoms with Gasteiger partial charge in [0.1, 0.15) is 23.8 Å². The topological polar surface area (TPSA) is 322 Å². The molecule has 0 aromatic heterocycles. The van der Waals surface area contributed by atoms with E-state index in [2.05, 4.69) is 62.8 Å². The fraction of sp³-hybridized carbons (Fsp3) is 0.916. The minimum Gasteiger partial charge on any atom is -0.756 e. The molecule has 0 aliphatic heterocycles. The number of phosphoric ester groups is 2. The molecule has 0 saturated carbocycles. The van der Waals surface area contributed by atoms with Crippen LogP contribution in [0.2, 0.25) is 0 Å². The van der Waals surface area contributed by atoms with Crippen LogP contribution >= 0.6 is 15.6 Å². The van der Waals surface area contributed by atoms with Gasteiger partial charge in [0.25, 0.3) is 15.6 Å². The molecule has 6 atom stereocenters. The number of Topliss-reactive ketones (excluding diaryl/α,β-unsaturated/α-hetero) is 2. The van der Waals surface area contributed by atoms with E-state index in [-0.39, 0.29) is 147 Å². The Kier molecular flexibility index (Phi) is 84.8. The van der Waals surface area contributed by atoms with Crippen molar-refractivity contribution in [1.82, 2.24) is 21.3 Å². The van der Waals surface area contributed by atoms with E-state index in [1.807, 2.05) is 0 Å². The number of ether oxygens (including phenoxy) is 4. The van der Waals surface area contributed by atoms with E-state index in [4.69, 9.17) is 37.0 Å². The van der Waals surface area contributed by atoms with Crippen LogP contribution in [0.3, 0.4) is 0 Å². The number of nitrogens with one attached hydrogen (secondary N) is 4. The molecule has 0 heterocycles. The van der Waals surface area contributed by atoms with Gasteiger partial charge in [-0.15, -0.1) is 0 Å². The zero-order valence-corrected chi connectivity index (χ0v) is 76.9. The number of rotatable bonds is 84. The minimum atomic E-state index is -5.06. The van der Waals surface area contributed by atoms with Crippen LogP contribution < -0.4 is 90.2 Å². The largest absolute Gasteiger partial charge is 1.00 e. The average Bonchev–Trinajstić information content (AvgIpc) is 0.912. The summed E-state index contributed by atoms with van der Waals surface area (Å²) < 4.78 is 70.5. The number of amides is 4. The molecular weight excluding hydrogens is 1460 g/mol. The number of phosphoric acid groups is 2. The molecule has 110 heavy (non-hydrogen) atoms. The third-order valence-corrected chi connectivity index (χ3v) is 21.3. The van der Waals surface area contributed by atoms with Crippen LogP contribution in [0.4, 0.5) is 4.79 Å². The SMILES string of the molecule is CCCCCCCCCCCC(=O)CC(=O)N[C@H](COCC[C@@H](CCCCCCC)OC(=O)CCCCCCCCCCC)COP(=O)([O-])OCCNC(=O)NCCOP(=O)([O-])OC[C@H](COCC[C@@H](CCCCCCC)OC(=O)CCCCCCCCCCC)NC(=O)CC(=O)CCCCCCCCCCC.[Na+].[Na+]. The smallest absolute Gasteiger partial charge is 0.756 e. The van der Waals surface area contributed by atoms with Gasteiger partial charge in [0.05, 0.1) is 77.8 Å². The van der Waals surface area contributed by atoms with Gasteiger partial charge in [0, 0.05) is 51.6 Å². The second-order valence-electron chi connectivity index (χ2n) is 30.0. The first kappa shape index (κ1) is 113. The molecule has 0 rings (SSSR count). The second kappa shape index (κ2) is 82.7. The van der Waals surface area contributed by atoms with Gasteiger partial charge in [-0.05, 0) is 51.4 Å². The number of carbonyl (C=O) groups excluding carboxylic acids is 7. The van der Waals surface area contributed by atoms with E-state index >= 15 is 0 Å². The Morgan fingerprint density at radius 2 is 0.564 bits per heavy atom. The summed E-state index contributed by atoms with van der Waals surface area (Å²) in [5.74, 6) is -2.19. The second-order valence-corrected chi connectivity index (χ2v) is 32.8. The summed E-state index contributed by atoms with van der Waals surface area (Å²) in [6.07, 6.45) is 51.9. The molecule has 4 amide bonds. The summed E-state index contributed by atoms with van der Waals surface area (Å²) in [6.45, 7) is 10.0. The third kappa shape index (κ3) is 79.1. The fourth-order valence-corrected chi connectivity index (χ4v) is 14.3. The van der Waals surface area contributed by atoms with Gasteiger partial charge in [-0.1, -0.05) is 298 Å². The van der Waals surface area contributed by atoms with Crippen LogP contribution in [-0.4, -0.2) is 132 Å². The van der Waals surface area contributed by atoms with Gasteiger partial charge in [-0.25, -0.2) is 4.79 Å². The van der Waals surface area contributed by atoms with Gasteiger partial charge in [0.2, 0.25) is 11.8 Å². The zero-order valence-electron chi connectivity index (χ0n) is 71.1. The van der Waals surface area contributed by atoms with Gasteiger partial charge < -0.3 is 68.1 Å². The predicted molar refractivity (Wildman–Crippen MR) is 428 cm³/mol. The van der Waals surface area contributed by atoms with Crippen molar-refractivity contribution in [3.05, 3.63) is 0 Å². The fourth-order valence-electron chi connectivity index (χ4n) is 12.8. The molecule has 27 heteroatoms. The average molecular weight is 1620 g/mol.